The van der Waals surface area contributed by atoms with Crippen LogP contribution in [0.2, 0.25) is 0 Å². The standard InChI is InChI=1S/C15H23N5O/c1-10(13-19-18-12-3-2-8-20(12)13)17-14(21)11-9-15(11)4-6-16-7-5-15/h10-11,16H,2-9H2,1H3,(H,17,21). The first-order valence-corrected chi connectivity index (χ1v) is 8.13. The molecule has 2 unspecified atom stereocenters. The molecule has 2 aliphatic heterocycles. The van der Waals surface area contributed by atoms with E-state index in [9.17, 15) is 4.79 Å². The van der Waals surface area contributed by atoms with E-state index in [0.717, 1.165) is 63.4 Å². The van der Waals surface area contributed by atoms with Crippen molar-refractivity contribution >= 4 is 5.91 Å². The van der Waals surface area contributed by atoms with E-state index in [1.807, 2.05) is 6.92 Å². The lowest BCUT2D eigenvalue weighted by Crippen LogP contribution is -2.35. The zero-order chi connectivity index (χ0) is 14.4. The molecule has 1 spiro atoms. The van der Waals surface area contributed by atoms with Gasteiger partial charge in [0, 0.05) is 18.9 Å². The zero-order valence-corrected chi connectivity index (χ0v) is 12.6. The van der Waals surface area contributed by atoms with Gasteiger partial charge in [-0.3, -0.25) is 4.79 Å². The maximum Gasteiger partial charge on any atom is 0.224 e. The molecular weight excluding hydrogens is 266 g/mol. The third-order valence-electron chi connectivity index (χ3n) is 5.49. The second kappa shape index (κ2) is 4.80. The summed E-state index contributed by atoms with van der Waals surface area (Å²) in [5.74, 6) is 2.39. The van der Waals surface area contributed by atoms with Gasteiger partial charge in [0.05, 0.1) is 6.04 Å². The van der Waals surface area contributed by atoms with Crippen molar-refractivity contribution in [3.8, 4) is 0 Å². The topological polar surface area (TPSA) is 71.8 Å². The molecule has 3 heterocycles. The highest BCUT2D eigenvalue weighted by Crippen LogP contribution is 2.58. The number of rotatable bonds is 3. The van der Waals surface area contributed by atoms with Crippen LogP contribution >= 0.6 is 0 Å². The summed E-state index contributed by atoms with van der Waals surface area (Å²) >= 11 is 0. The summed E-state index contributed by atoms with van der Waals surface area (Å²) in [5, 5.41) is 15.0. The number of hydrogen-bond donors (Lipinski definition) is 2. The number of carbonyl (C=O) groups excluding carboxylic acids is 1. The second-order valence-electron chi connectivity index (χ2n) is 6.83. The quantitative estimate of drug-likeness (QED) is 0.863. The molecule has 1 aromatic rings. The fourth-order valence-electron chi connectivity index (χ4n) is 4.07. The molecule has 1 saturated carbocycles. The average molecular weight is 289 g/mol. The summed E-state index contributed by atoms with van der Waals surface area (Å²) < 4.78 is 2.16. The van der Waals surface area contributed by atoms with Gasteiger partial charge in [-0.1, -0.05) is 0 Å². The Morgan fingerprint density at radius 2 is 2.24 bits per heavy atom. The molecule has 1 amide bonds. The number of hydrogen-bond acceptors (Lipinski definition) is 4. The van der Waals surface area contributed by atoms with Gasteiger partial charge in [0.15, 0.2) is 5.82 Å². The molecule has 0 bridgehead atoms. The van der Waals surface area contributed by atoms with Crippen molar-refractivity contribution in [2.45, 2.75) is 51.6 Å². The molecule has 1 saturated heterocycles. The average Bonchev–Trinajstić information content (AvgIpc) is 2.86. The lowest BCUT2D eigenvalue weighted by molar-refractivity contribution is -0.124. The monoisotopic (exact) mass is 289 g/mol. The summed E-state index contributed by atoms with van der Waals surface area (Å²) in [6, 6.07) is -0.0452. The normalized spacial score (nSPS) is 27.4. The van der Waals surface area contributed by atoms with Crippen LogP contribution in [0.4, 0.5) is 0 Å². The van der Waals surface area contributed by atoms with E-state index in [1.54, 1.807) is 0 Å². The van der Waals surface area contributed by atoms with Crippen molar-refractivity contribution in [1.82, 2.24) is 25.4 Å². The Kier molecular flexibility index (Phi) is 3.03. The Morgan fingerprint density at radius 1 is 1.43 bits per heavy atom. The molecule has 6 heteroatoms. The molecule has 2 fully saturated rings. The molecule has 0 radical (unpaired) electrons. The van der Waals surface area contributed by atoms with Crippen molar-refractivity contribution < 1.29 is 4.79 Å². The highest BCUT2D eigenvalue weighted by Gasteiger charge is 2.57. The van der Waals surface area contributed by atoms with Crippen molar-refractivity contribution in [3.63, 3.8) is 0 Å². The van der Waals surface area contributed by atoms with Gasteiger partial charge in [-0.05, 0) is 51.1 Å². The molecule has 114 valence electrons. The van der Waals surface area contributed by atoms with E-state index in [2.05, 4.69) is 25.4 Å². The van der Waals surface area contributed by atoms with Crippen molar-refractivity contribution in [3.05, 3.63) is 11.6 Å². The summed E-state index contributed by atoms with van der Waals surface area (Å²) in [6.07, 6.45) is 5.48. The minimum atomic E-state index is -0.0452. The minimum absolute atomic E-state index is 0.0452. The molecule has 6 nitrogen and oxygen atoms in total. The maximum absolute atomic E-state index is 12.5. The van der Waals surface area contributed by atoms with Gasteiger partial charge in [-0.15, -0.1) is 10.2 Å². The lowest BCUT2D eigenvalue weighted by atomic mass is 9.91. The Balaban J connectivity index is 1.41. The fourth-order valence-corrected chi connectivity index (χ4v) is 4.07. The van der Waals surface area contributed by atoms with Crippen LogP contribution in [0, 0.1) is 11.3 Å². The van der Waals surface area contributed by atoms with Crippen LogP contribution in [0.1, 0.15) is 50.3 Å². The van der Waals surface area contributed by atoms with Gasteiger partial charge < -0.3 is 15.2 Å². The Bertz CT molecular complexity index is 560. The molecule has 2 atom stereocenters. The van der Waals surface area contributed by atoms with E-state index < -0.39 is 0 Å². The Labute approximate surface area is 124 Å². The molecule has 4 rings (SSSR count). The summed E-state index contributed by atoms with van der Waals surface area (Å²) in [7, 11) is 0. The molecule has 3 aliphatic rings. The van der Waals surface area contributed by atoms with E-state index >= 15 is 0 Å². The van der Waals surface area contributed by atoms with Crippen molar-refractivity contribution in [2.24, 2.45) is 11.3 Å². The number of piperidine rings is 1. The second-order valence-corrected chi connectivity index (χ2v) is 6.83. The smallest absolute Gasteiger partial charge is 0.224 e. The predicted molar refractivity (Wildman–Crippen MR) is 77.5 cm³/mol. The van der Waals surface area contributed by atoms with Crippen molar-refractivity contribution in [1.29, 1.82) is 0 Å². The van der Waals surface area contributed by atoms with Crippen LogP contribution in [-0.4, -0.2) is 33.8 Å². The number of nitrogens with one attached hydrogen (secondary N) is 2. The third kappa shape index (κ3) is 2.16. The van der Waals surface area contributed by atoms with Crippen LogP contribution in [0.3, 0.4) is 0 Å². The minimum Gasteiger partial charge on any atom is -0.346 e. The number of amides is 1. The fraction of sp³-hybridized carbons (Fsp3) is 0.800. The largest absolute Gasteiger partial charge is 0.346 e. The van der Waals surface area contributed by atoms with Crippen molar-refractivity contribution in [2.75, 3.05) is 13.1 Å². The summed E-state index contributed by atoms with van der Waals surface area (Å²) in [6.45, 7) is 5.11. The highest BCUT2D eigenvalue weighted by atomic mass is 16.2. The van der Waals surface area contributed by atoms with Gasteiger partial charge >= 0.3 is 0 Å². The van der Waals surface area contributed by atoms with Crippen LogP contribution in [-0.2, 0) is 17.8 Å². The van der Waals surface area contributed by atoms with Gasteiger partial charge in [-0.25, -0.2) is 0 Å². The molecule has 21 heavy (non-hydrogen) atoms. The number of aryl methyl sites for hydroxylation is 1. The first kappa shape index (κ1) is 13.2. The van der Waals surface area contributed by atoms with E-state index in [-0.39, 0.29) is 17.9 Å². The predicted octanol–water partition coefficient (Wildman–Crippen LogP) is 0.791. The number of carbonyl (C=O) groups is 1. The molecule has 0 aromatic carbocycles. The Morgan fingerprint density at radius 3 is 3.05 bits per heavy atom. The van der Waals surface area contributed by atoms with E-state index in [1.165, 1.54) is 0 Å². The highest BCUT2D eigenvalue weighted by molar-refractivity contribution is 5.82. The van der Waals surface area contributed by atoms with Crippen LogP contribution in [0.25, 0.3) is 0 Å². The van der Waals surface area contributed by atoms with Crippen LogP contribution in [0.5, 0.6) is 0 Å². The lowest BCUT2D eigenvalue weighted by Gasteiger charge is -2.23. The first-order valence-electron chi connectivity index (χ1n) is 8.13. The number of fused-ring (bicyclic) bond motifs is 1. The van der Waals surface area contributed by atoms with Crippen LogP contribution < -0.4 is 10.6 Å². The van der Waals surface area contributed by atoms with Crippen LogP contribution in [0.15, 0.2) is 0 Å². The maximum atomic E-state index is 12.5. The third-order valence-corrected chi connectivity index (χ3v) is 5.49. The molecule has 1 aliphatic carbocycles. The summed E-state index contributed by atoms with van der Waals surface area (Å²) in [5.41, 5.74) is 0.293. The van der Waals surface area contributed by atoms with Gasteiger partial charge in [-0.2, -0.15) is 0 Å². The van der Waals surface area contributed by atoms with Gasteiger partial charge in [0.2, 0.25) is 5.91 Å². The summed E-state index contributed by atoms with van der Waals surface area (Å²) in [4.78, 5) is 12.5. The zero-order valence-electron chi connectivity index (χ0n) is 12.6. The molecule has 1 aromatic heterocycles. The SMILES string of the molecule is CC(NC(=O)C1CC12CCNCC2)c1nnc2n1CCC2. The molecule has 2 N–H and O–H groups in total. The Hall–Kier alpha value is -1.43. The number of aromatic nitrogens is 3. The molecular formula is C15H23N5O. The van der Waals surface area contributed by atoms with Gasteiger partial charge in [0.25, 0.3) is 0 Å². The van der Waals surface area contributed by atoms with Gasteiger partial charge in [0.1, 0.15) is 5.82 Å². The van der Waals surface area contributed by atoms with E-state index in [4.69, 9.17) is 0 Å². The number of nitrogens with zero attached hydrogens (tertiary/aromatic N) is 3. The first-order chi connectivity index (χ1) is 10.2. The van der Waals surface area contributed by atoms with E-state index in [0.29, 0.717) is 5.41 Å².